The van der Waals surface area contributed by atoms with Crippen molar-refractivity contribution < 1.29 is 81.5 Å². The number of hydrogen-bond acceptors (Lipinski definition) is 18. The van der Waals surface area contributed by atoms with E-state index in [2.05, 4.69) is 5.16 Å². The van der Waals surface area contributed by atoms with Crippen molar-refractivity contribution in [3.8, 4) is 0 Å². The lowest BCUT2D eigenvalue weighted by Crippen LogP contribution is -2.62. The fourth-order valence-corrected chi connectivity index (χ4v) is 11.1. The highest BCUT2D eigenvalue weighted by atomic mass is 16.8. The van der Waals surface area contributed by atoms with Crippen LogP contribution >= 0.6 is 0 Å². The molecule has 1 amide bonds. The minimum Gasteiger partial charge on any atom is -0.459 e. The number of aliphatic hydroxyl groups is 2. The Bertz CT molecular complexity index is 2120. The number of esters is 1. The Kier molecular flexibility index (Phi) is 21.7. The highest BCUT2D eigenvalue weighted by Gasteiger charge is 2.55. The Balaban J connectivity index is 1.67. The molecule has 74 heavy (non-hydrogen) atoms. The maximum absolute atomic E-state index is 14.8. The van der Waals surface area contributed by atoms with Gasteiger partial charge in [-0.2, -0.15) is 0 Å². The van der Waals surface area contributed by atoms with Crippen molar-refractivity contribution in [2.24, 2.45) is 28.8 Å². The van der Waals surface area contributed by atoms with Gasteiger partial charge >= 0.3 is 18.2 Å². The molecule has 0 aromatic heterocycles. The minimum atomic E-state index is -1.96. The third-order valence-electron chi connectivity index (χ3n) is 15.4. The average molecular weight is 1050 g/mol. The second-order valence-electron chi connectivity index (χ2n) is 20.9. The Labute approximate surface area is 437 Å². The molecule has 2 N–H and O–H groups in total. The van der Waals surface area contributed by atoms with Gasteiger partial charge in [0.2, 0.25) is 0 Å². The number of cyclic esters (lactones) is 1. The molecule has 19 nitrogen and oxygen atoms in total. The summed E-state index contributed by atoms with van der Waals surface area (Å²) in [5, 5.41) is 28.5. The summed E-state index contributed by atoms with van der Waals surface area (Å²) in [5.74, 6) is -4.06. The number of rotatable bonds is 15. The molecule has 18 atom stereocenters. The third kappa shape index (κ3) is 14.3. The van der Waals surface area contributed by atoms with Crippen LogP contribution < -0.4 is 0 Å². The Hall–Kier alpha value is -4.44. The number of likely N-dealkylation sites (N-methyl/N-ethyl adjacent to an activating group) is 1. The van der Waals surface area contributed by atoms with Crippen molar-refractivity contribution in [3.05, 3.63) is 71.8 Å². The molecule has 3 fully saturated rings. The van der Waals surface area contributed by atoms with Gasteiger partial charge < -0.3 is 72.1 Å². The molecule has 0 bridgehead atoms. The third-order valence-corrected chi connectivity index (χ3v) is 15.4. The zero-order valence-electron chi connectivity index (χ0n) is 46.1. The number of methoxy groups -OCH3 is 3. The van der Waals surface area contributed by atoms with Crippen LogP contribution in [0.1, 0.15) is 106 Å². The van der Waals surface area contributed by atoms with Crippen LogP contribution in [0.25, 0.3) is 0 Å². The molecule has 416 valence electrons. The summed E-state index contributed by atoms with van der Waals surface area (Å²) in [6.07, 6.45) is -11.3. The first-order valence-electron chi connectivity index (χ1n) is 25.8. The highest BCUT2D eigenvalue weighted by molar-refractivity contribution is 5.88. The fraction of sp³-hybridized carbons (Fsp3) is 0.709. The summed E-state index contributed by atoms with van der Waals surface area (Å²) in [4.78, 5) is 49.5. The SMILES string of the molecule is CC[C@H]1OC(=O)[C@H](C)[C@@H](O[C@H]2C[C@@](C)(OC)[C@@H](OC)[C@H](C)O2)[C@H](C)[C@@H](O[C@@H]2O[C@H](C)C[C@H](N(C)C(=O)OCc3ccccc3)[C@H]2OC(=O)OCc2ccccc2)[C@](C)(OC)C[C@@H](C)/C(=N\OC)[C@H](C)[C@@H](O)[C@]1(C)O. The summed E-state index contributed by atoms with van der Waals surface area (Å²) in [7, 11) is 7.64. The van der Waals surface area contributed by atoms with Crippen LogP contribution in [0.3, 0.4) is 0 Å². The highest BCUT2D eigenvalue weighted by Crippen LogP contribution is 2.43. The Morgan fingerprint density at radius 1 is 0.784 bits per heavy atom. The van der Waals surface area contributed by atoms with Crippen molar-refractivity contribution in [3.63, 3.8) is 0 Å². The second kappa shape index (κ2) is 26.6. The number of carbonyl (C=O) groups is 3. The van der Waals surface area contributed by atoms with Crippen LogP contribution in [0.4, 0.5) is 9.59 Å². The topological polar surface area (TPSA) is 218 Å². The first-order chi connectivity index (χ1) is 35.0. The number of nitrogens with zero attached hydrogens (tertiary/aromatic N) is 2. The van der Waals surface area contributed by atoms with Crippen molar-refractivity contribution in [1.82, 2.24) is 4.90 Å². The number of hydrogen-bond donors (Lipinski definition) is 2. The van der Waals surface area contributed by atoms with E-state index in [1.807, 2.05) is 90.1 Å². The van der Waals surface area contributed by atoms with Crippen LogP contribution in [0.2, 0.25) is 0 Å². The molecular formula is C55H84N2O17. The molecule has 3 aliphatic rings. The van der Waals surface area contributed by atoms with Crippen LogP contribution in [-0.2, 0) is 75.0 Å². The molecule has 0 spiro atoms. The lowest BCUT2D eigenvalue weighted by Gasteiger charge is -2.50. The molecule has 0 unspecified atom stereocenters. The maximum Gasteiger partial charge on any atom is 0.509 e. The number of amides is 1. The molecule has 2 aromatic rings. The first kappa shape index (κ1) is 60.4. The molecule has 3 heterocycles. The predicted octanol–water partition coefficient (Wildman–Crippen LogP) is 7.60. The summed E-state index contributed by atoms with van der Waals surface area (Å²) < 4.78 is 69.8. The van der Waals surface area contributed by atoms with E-state index in [0.717, 1.165) is 5.56 Å². The molecule has 2 aromatic carbocycles. The largest absolute Gasteiger partial charge is 0.509 e. The minimum absolute atomic E-state index is 0.0149. The molecule has 0 saturated carbocycles. The van der Waals surface area contributed by atoms with Gasteiger partial charge in [-0.25, -0.2) is 9.59 Å². The molecule has 0 radical (unpaired) electrons. The van der Waals surface area contributed by atoms with Gasteiger partial charge in [-0.1, -0.05) is 93.5 Å². The van der Waals surface area contributed by atoms with Gasteiger partial charge in [0.05, 0.1) is 59.4 Å². The van der Waals surface area contributed by atoms with Crippen LogP contribution in [-0.4, -0.2) is 159 Å². The van der Waals surface area contributed by atoms with Crippen LogP contribution in [0.15, 0.2) is 65.8 Å². The predicted molar refractivity (Wildman–Crippen MR) is 271 cm³/mol. The van der Waals surface area contributed by atoms with Crippen molar-refractivity contribution >= 4 is 23.9 Å². The zero-order valence-corrected chi connectivity index (χ0v) is 46.1. The van der Waals surface area contributed by atoms with Gasteiger partial charge in [-0.15, -0.1) is 0 Å². The summed E-state index contributed by atoms with van der Waals surface area (Å²) in [6.45, 7) is 17.6. The van der Waals surface area contributed by atoms with Gasteiger partial charge in [-0.05, 0) is 71.9 Å². The first-order valence-corrected chi connectivity index (χ1v) is 25.8. The van der Waals surface area contributed by atoms with E-state index < -0.39 is 126 Å². The van der Waals surface area contributed by atoms with E-state index >= 15 is 0 Å². The molecule has 5 rings (SSSR count). The van der Waals surface area contributed by atoms with Gasteiger partial charge in [0.1, 0.15) is 38.1 Å². The van der Waals surface area contributed by atoms with Gasteiger partial charge in [0, 0.05) is 52.6 Å². The Morgan fingerprint density at radius 3 is 1.92 bits per heavy atom. The smallest absolute Gasteiger partial charge is 0.459 e. The van der Waals surface area contributed by atoms with Crippen LogP contribution in [0, 0.1) is 23.7 Å². The fourth-order valence-electron chi connectivity index (χ4n) is 11.1. The monoisotopic (exact) mass is 1040 g/mol. The van der Waals surface area contributed by atoms with Gasteiger partial charge in [0.25, 0.3) is 0 Å². The van der Waals surface area contributed by atoms with Crippen molar-refractivity contribution in [2.75, 3.05) is 35.5 Å². The number of carbonyl (C=O) groups excluding carboxylic acids is 3. The quantitative estimate of drug-likeness (QED) is 0.0997. The molecule has 0 aliphatic carbocycles. The van der Waals surface area contributed by atoms with Gasteiger partial charge in [0.15, 0.2) is 18.7 Å². The van der Waals surface area contributed by atoms with Gasteiger partial charge in [-0.3, -0.25) is 4.79 Å². The van der Waals surface area contributed by atoms with E-state index in [-0.39, 0.29) is 38.9 Å². The second-order valence-corrected chi connectivity index (χ2v) is 20.9. The molecule has 19 heteroatoms. The number of oxime groups is 1. The van der Waals surface area contributed by atoms with E-state index in [4.69, 9.17) is 56.9 Å². The molecule has 3 aliphatic heterocycles. The summed E-state index contributed by atoms with van der Waals surface area (Å²) in [5.41, 5.74) is -2.34. The zero-order chi connectivity index (χ0) is 54.7. The van der Waals surface area contributed by atoms with E-state index in [9.17, 15) is 24.6 Å². The van der Waals surface area contributed by atoms with E-state index in [1.54, 1.807) is 54.2 Å². The number of ether oxygens (including phenoxy) is 11. The van der Waals surface area contributed by atoms with Crippen LogP contribution in [0.5, 0.6) is 0 Å². The number of aliphatic hydroxyl groups excluding tert-OH is 1. The lowest BCUT2D eigenvalue weighted by atomic mass is 9.73. The summed E-state index contributed by atoms with van der Waals surface area (Å²) in [6, 6.07) is 17.4. The number of benzene rings is 2. The molecular weight excluding hydrogens is 961 g/mol. The lowest BCUT2D eigenvalue weighted by molar-refractivity contribution is -0.320. The average Bonchev–Trinajstić information content (AvgIpc) is 3.38. The Morgan fingerprint density at radius 2 is 1.36 bits per heavy atom. The maximum atomic E-state index is 14.8. The van der Waals surface area contributed by atoms with E-state index in [0.29, 0.717) is 11.3 Å². The van der Waals surface area contributed by atoms with E-state index in [1.165, 1.54) is 26.0 Å². The van der Waals surface area contributed by atoms with Crippen molar-refractivity contribution in [1.29, 1.82) is 0 Å². The molecule has 3 saturated heterocycles. The normalized spacial score (nSPS) is 38.0. The summed E-state index contributed by atoms with van der Waals surface area (Å²) >= 11 is 0. The standard InChI is InChI=1S/C55H84N2O17/c1-16-41-55(10,62)46(58)34(4)43(56-66-15)32(2)28-53(8,64-13)47(35(5)44(36(6)49(59)71-41)72-42-29-54(9,65-14)48(63-12)37(7)70-42)74-50-45(73-52(61)68-31-39-25-21-18-22-26-39)40(27-33(3)69-50)57(11)51(60)67-30-38-23-19-17-20-24-38/h17-26,32-37,40-42,44-48,50,58,62H,16,27-31H2,1-15H3/b56-43+/t32-,33-,34+,35+,36-,37+,40+,41-,42+,44+,45-,46-,47-,48+,50+,53-,54-,55-/m1/s1. The van der Waals surface area contributed by atoms with Crippen molar-refractivity contribution in [2.45, 2.75) is 192 Å².